The molecule has 2 rings (SSSR count). The molecule has 17 heavy (non-hydrogen) atoms. The van der Waals surface area contributed by atoms with Crippen LogP contribution in [-0.2, 0) is 5.54 Å². The summed E-state index contributed by atoms with van der Waals surface area (Å²) in [6.45, 7) is 13.0. The molecule has 1 saturated heterocycles. The van der Waals surface area contributed by atoms with Crippen LogP contribution >= 0.6 is 0 Å². The molecule has 1 aromatic rings. The highest BCUT2D eigenvalue weighted by Crippen LogP contribution is 2.26. The van der Waals surface area contributed by atoms with Crippen LogP contribution in [0.3, 0.4) is 0 Å². The van der Waals surface area contributed by atoms with Gasteiger partial charge < -0.3 is 4.90 Å². The van der Waals surface area contributed by atoms with Gasteiger partial charge in [-0.3, -0.25) is 0 Å². The van der Waals surface area contributed by atoms with E-state index in [1.807, 2.05) is 0 Å². The molecule has 0 bridgehead atoms. The first kappa shape index (κ1) is 12.5. The average Bonchev–Trinajstić information content (AvgIpc) is 2.85. The molecule has 2 heterocycles. The molecular weight excluding hydrogens is 214 g/mol. The second kappa shape index (κ2) is 4.37. The van der Waals surface area contributed by atoms with Crippen molar-refractivity contribution in [3.63, 3.8) is 0 Å². The van der Waals surface area contributed by atoms with Gasteiger partial charge in [0.2, 0.25) is 0 Å². The summed E-state index contributed by atoms with van der Waals surface area (Å²) >= 11 is 0. The van der Waals surface area contributed by atoms with E-state index < -0.39 is 0 Å². The SMILES string of the molecule is CC(C)N1CC[C@@H](c2nnn(C(C)(C)C)n2)C1. The van der Waals surface area contributed by atoms with Gasteiger partial charge in [-0.25, -0.2) is 0 Å². The summed E-state index contributed by atoms with van der Waals surface area (Å²) in [5.41, 5.74) is -0.0818. The van der Waals surface area contributed by atoms with Crippen molar-refractivity contribution < 1.29 is 0 Å². The minimum absolute atomic E-state index is 0.0818. The molecule has 0 spiro atoms. The second-order valence-corrected chi connectivity index (χ2v) is 6.18. The molecule has 5 heteroatoms. The van der Waals surface area contributed by atoms with Gasteiger partial charge in [-0.05, 0) is 52.8 Å². The largest absolute Gasteiger partial charge is 0.300 e. The Bertz CT molecular complexity index is 376. The summed E-state index contributed by atoms with van der Waals surface area (Å²) < 4.78 is 0. The molecule has 0 unspecified atom stereocenters. The van der Waals surface area contributed by atoms with E-state index in [4.69, 9.17) is 0 Å². The smallest absolute Gasteiger partial charge is 0.179 e. The number of aromatic nitrogens is 4. The lowest BCUT2D eigenvalue weighted by atomic mass is 10.1. The van der Waals surface area contributed by atoms with Gasteiger partial charge in [0.15, 0.2) is 5.82 Å². The van der Waals surface area contributed by atoms with E-state index in [1.165, 1.54) is 0 Å². The number of likely N-dealkylation sites (tertiary alicyclic amines) is 1. The summed E-state index contributed by atoms with van der Waals surface area (Å²) in [5.74, 6) is 1.36. The molecule has 0 aromatic carbocycles. The van der Waals surface area contributed by atoms with Crippen LogP contribution in [0.15, 0.2) is 0 Å². The molecular formula is C12H23N5. The molecule has 1 aliphatic heterocycles. The average molecular weight is 237 g/mol. The maximum absolute atomic E-state index is 4.53. The highest BCUT2D eigenvalue weighted by molar-refractivity contribution is 4.98. The van der Waals surface area contributed by atoms with Crippen molar-refractivity contribution in [1.29, 1.82) is 0 Å². The van der Waals surface area contributed by atoms with E-state index in [2.05, 4.69) is 54.9 Å². The molecule has 1 atom stereocenters. The van der Waals surface area contributed by atoms with E-state index in [9.17, 15) is 0 Å². The molecule has 0 amide bonds. The van der Waals surface area contributed by atoms with Crippen molar-refractivity contribution in [2.24, 2.45) is 0 Å². The van der Waals surface area contributed by atoms with Crippen molar-refractivity contribution in [2.75, 3.05) is 13.1 Å². The van der Waals surface area contributed by atoms with E-state index in [0.717, 1.165) is 25.3 Å². The zero-order valence-electron chi connectivity index (χ0n) is 11.5. The van der Waals surface area contributed by atoms with Crippen molar-refractivity contribution in [1.82, 2.24) is 25.1 Å². The fourth-order valence-corrected chi connectivity index (χ4v) is 2.14. The van der Waals surface area contributed by atoms with Crippen LogP contribution in [0.2, 0.25) is 0 Å². The quantitative estimate of drug-likeness (QED) is 0.784. The predicted octanol–water partition coefficient (Wildman–Crippen LogP) is 1.63. The molecule has 96 valence electrons. The summed E-state index contributed by atoms with van der Waals surface area (Å²) in [6.07, 6.45) is 1.15. The number of hydrogen-bond acceptors (Lipinski definition) is 4. The van der Waals surface area contributed by atoms with Gasteiger partial charge in [-0.1, -0.05) is 0 Å². The fraction of sp³-hybridized carbons (Fsp3) is 0.917. The highest BCUT2D eigenvalue weighted by atomic mass is 15.6. The Kier molecular flexibility index (Phi) is 3.21. The molecule has 0 saturated carbocycles. The zero-order chi connectivity index (χ0) is 12.6. The third kappa shape index (κ3) is 2.65. The predicted molar refractivity (Wildman–Crippen MR) is 66.9 cm³/mol. The lowest BCUT2D eigenvalue weighted by Crippen LogP contribution is -2.28. The van der Waals surface area contributed by atoms with E-state index >= 15 is 0 Å². The van der Waals surface area contributed by atoms with E-state index in [0.29, 0.717) is 12.0 Å². The van der Waals surface area contributed by atoms with Gasteiger partial charge in [0.25, 0.3) is 0 Å². The molecule has 1 aliphatic rings. The summed E-state index contributed by atoms with van der Waals surface area (Å²) in [7, 11) is 0. The lowest BCUT2D eigenvalue weighted by molar-refractivity contribution is 0.271. The summed E-state index contributed by atoms with van der Waals surface area (Å²) in [5, 5.41) is 12.9. The van der Waals surface area contributed by atoms with Crippen LogP contribution in [0.4, 0.5) is 0 Å². The van der Waals surface area contributed by atoms with Crippen molar-refractivity contribution in [3.8, 4) is 0 Å². The normalized spacial score (nSPS) is 22.6. The Morgan fingerprint density at radius 2 is 2.00 bits per heavy atom. The third-order valence-corrected chi connectivity index (χ3v) is 3.34. The van der Waals surface area contributed by atoms with Crippen LogP contribution in [0, 0.1) is 0 Å². The maximum atomic E-state index is 4.53. The Hall–Kier alpha value is -0.970. The molecule has 1 fully saturated rings. The van der Waals surface area contributed by atoms with Crippen LogP contribution in [0.25, 0.3) is 0 Å². The summed E-state index contributed by atoms with van der Waals surface area (Å²) in [4.78, 5) is 4.20. The van der Waals surface area contributed by atoms with E-state index in [-0.39, 0.29) is 5.54 Å². The highest BCUT2D eigenvalue weighted by Gasteiger charge is 2.29. The first-order valence-electron chi connectivity index (χ1n) is 6.42. The van der Waals surface area contributed by atoms with Gasteiger partial charge in [-0.2, -0.15) is 4.80 Å². The topological polar surface area (TPSA) is 46.8 Å². The molecule has 0 radical (unpaired) electrons. The van der Waals surface area contributed by atoms with Crippen molar-refractivity contribution in [3.05, 3.63) is 5.82 Å². The monoisotopic (exact) mass is 237 g/mol. The molecule has 0 N–H and O–H groups in total. The minimum Gasteiger partial charge on any atom is -0.300 e. The fourth-order valence-electron chi connectivity index (χ4n) is 2.14. The molecule has 0 aliphatic carbocycles. The first-order chi connectivity index (χ1) is 7.88. The van der Waals surface area contributed by atoms with Gasteiger partial charge in [0, 0.05) is 18.5 Å². The van der Waals surface area contributed by atoms with Gasteiger partial charge >= 0.3 is 0 Å². The number of rotatable bonds is 2. The number of tetrazole rings is 1. The Morgan fingerprint density at radius 1 is 1.29 bits per heavy atom. The first-order valence-corrected chi connectivity index (χ1v) is 6.42. The number of hydrogen-bond donors (Lipinski definition) is 0. The van der Waals surface area contributed by atoms with Gasteiger partial charge in [0.1, 0.15) is 0 Å². The Balaban J connectivity index is 2.07. The van der Waals surface area contributed by atoms with Crippen LogP contribution in [0.5, 0.6) is 0 Å². The number of nitrogens with zero attached hydrogens (tertiary/aromatic N) is 5. The van der Waals surface area contributed by atoms with Crippen LogP contribution < -0.4 is 0 Å². The Labute approximate surface area is 103 Å². The zero-order valence-corrected chi connectivity index (χ0v) is 11.5. The maximum Gasteiger partial charge on any atom is 0.179 e. The lowest BCUT2D eigenvalue weighted by Gasteiger charge is -2.19. The standard InChI is InChI=1S/C12H23N5/c1-9(2)16-7-6-10(8-16)11-13-15-17(14-11)12(3,4)5/h9-10H,6-8H2,1-5H3/t10-/m1/s1. The van der Waals surface area contributed by atoms with Crippen LogP contribution in [-0.4, -0.2) is 44.2 Å². The van der Waals surface area contributed by atoms with Crippen LogP contribution in [0.1, 0.15) is 52.8 Å². The second-order valence-electron chi connectivity index (χ2n) is 6.18. The van der Waals surface area contributed by atoms with Crippen molar-refractivity contribution in [2.45, 2.75) is 58.5 Å². The van der Waals surface area contributed by atoms with E-state index in [1.54, 1.807) is 4.80 Å². The molecule has 1 aromatic heterocycles. The van der Waals surface area contributed by atoms with Gasteiger partial charge in [0.05, 0.1) is 5.54 Å². The van der Waals surface area contributed by atoms with Crippen molar-refractivity contribution >= 4 is 0 Å². The Morgan fingerprint density at radius 3 is 2.47 bits per heavy atom. The molecule has 5 nitrogen and oxygen atoms in total. The minimum atomic E-state index is -0.0818. The summed E-state index contributed by atoms with van der Waals surface area (Å²) in [6, 6.07) is 0.609. The third-order valence-electron chi connectivity index (χ3n) is 3.34. The van der Waals surface area contributed by atoms with Gasteiger partial charge in [-0.15, -0.1) is 10.2 Å².